The third-order valence-corrected chi connectivity index (χ3v) is 5.12. The molecule has 2 rings (SSSR count). The molecule has 0 aromatic heterocycles. The van der Waals surface area contributed by atoms with Gasteiger partial charge in [0, 0.05) is 6.42 Å². The molecule has 0 saturated carbocycles. The highest BCUT2D eigenvalue weighted by Gasteiger charge is 2.43. The Morgan fingerprint density at radius 2 is 1.76 bits per heavy atom. The van der Waals surface area contributed by atoms with Gasteiger partial charge < -0.3 is 10.2 Å². The first-order valence-corrected chi connectivity index (χ1v) is 6.93. The Labute approximate surface area is 116 Å². The van der Waals surface area contributed by atoms with E-state index in [0.717, 1.165) is 11.1 Å². The fourth-order valence-electron chi connectivity index (χ4n) is 2.47. The second-order valence-electron chi connectivity index (χ2n) is 5.22. The van der Waals surface area contributed by atoms with Crippen LogP contribution in [-0.4, -0.2) is 25.3 Å². The lowest BCUT2D eigenvalue weighted by Crippen LogP contribution is -2.47. The summed E-state index contributed by atoms with van der Waals surface area (Å²) < 4.78 is -0.0114. The van der Waals surface area contributed by atoms with E-state index in [1.807, 2.05) is 36.4 Å². The van der Waals surface area contributed by atoms with Crippen molar-refractivity contribution in [1.82, 2.24) is 0 Å². The SMILES string of the molecule is CC1(O)C=C(c2ccccc2)C(I)C(C)(O)C1. The molecule has 2 N–H and O–H groups in total. The molecule has 0 radical (unpaired) electrons. The smallest absolute Gasteiger partial charge is 0.0833 e. The van der Waals surface area contributed by atoms with Crippen molar-refractivity contribution < 1.29 is 10.2 Å². The normalized spacial score (nSPS) is 37.7. The number of halogens is 1. The van der Waals surface area contributed by atoms with E-state index in [1.54, 1.807) is 13.8 Å². The van der Waals surface area contributed by atoms with Crippen LogP contribution in [0.1, 0.15) is 25.8 Å². The molecule has 1 aliphatic rings. The van der Waals surface area contributed by atoms with Gasteiger partial charge in [-0.05, 0) is 31.1 Å². The van der Waals surface area contributed by atoms with Crippen molar-refractivity contribution in [3.63, 3.8) is 0 Å². The van der Waals surface area contributed by atoms with Crippen LogP contribution >= 0.6 is 22.6 Å². The highest BCUT2D eigenvalue weighted by atomic mass is 127. The zero-order valence-corrected chi connectivity index (χ0v) is 12.2. The lowest BCUT2D eigenvalue weighted by atomic mass is 9.76. The number of alkyl halides is 1. The molecule has 1 aliphatic carbocycles. The Morgan fingerprint density at radius 1 is 1.18 bits per heavy atom. The molecule has 92 valence electrons. The van der Waals surface area contributed by atoms with Gasteiger partial charge in [0.1, 0.15) is 0 Å². The highest BCUT2D eigenvalue weighted by molar-refractivity contribution is 14.1. The topological polar surface area (TPSA) is 40.5 Å². The average Bonchev–Trinajstić information content (AvgIpc) is 2.23. The second-order valence-corrected chi connectivity index (χ2v) is 6.47. The lowest BCUT2D eigenvalue weighted by molar-refractivity contribution is -0.0189. The van der Waals surface area contributed by atoms with Gasteiger partial charge in [0.25, 0.3) is 0 Å². The van der Waals surface area contributed by atoms with Gasteiger partial charge in [-0.25, -0.2) is 0 Å². The van der Waals surface area contributed by atoms with E-state index in [9.17, 15) is 10.2 Å². The second kappa shape index (κ2) is 4.37. The molecule has 0 saturated heterocycles. The summed E-state index contributed by atoms with van der Waals surface area (Å²) in [4.78, 5) is 0. The molecule has 1 aromatic rings. The van der Waals surface area contributed by atoms with Crippen LogP contribution in [0.4, 0.5) is 0 Å². The van der Waals surface area contributed by atoms with Crippen LogP contribution in [-0.2, 0) is 0 Å². The number of rotatable bonds is 1. The fraction of sp³-hybridized carbons (Fsp3) is 0.429. The Balaban J connectivity index is 2.48. The summed E-state index contributed by atoms with van der Waals surface area (Å²) in [6, 6.07) is 9.92. The molecule has 0 fully saturated rings. The molecular weight excluding hydrogens is 327 g/mol. The van der Waals surface area contributed by atoms with Crippen molar-refractivity contribution in [2.24, 2.45) is 0 Å². The van der Waals surface area contributed by atoms with Crippen LogP contribution in [0.5, 0.6) is 0 Å². The largest absolute Gasteiger partial charge is 0.389 e. The van der Waals surface area contributed by atoms with Gasteiger partial charge in [-0.15, -0.1) is 0 Å². The Kier molecular flexibility index (Phi) is 3.36. The molecule has 0 heterocycles. The molecule has 3 unspecified atom stereocenters. The summed E-state index contributed by atoms with van der Waals surface area (Å²) in [6.07, 6.45) is 2.24. The predicted octanol–water partition coefficient (Wildman–Crippen LogP) is 2.78. The zero-order valence-electron chi connectivity index (χ0n) is 10.0. The quantitative estimate of drug-likeness (QED) is 0.608. The van der Waals surface area contributed by atoms with E-state index in [0.29, 0.717) is 6.42 Å². The summed E-state index contributed by atoms with van der Waals surface area (Å²) in [6.45, 7) is 3.53. The number of hydrogen-bond donors (Lipinski definition) is 2. The first kappa shape index (κ1) is 13.1. The van der Waals surface area contributed by atoms with Crippen molar-refractivity contribution in [3.05, 3.63) is 42.0 Å². The van der Waals surface area contributed by atoms with Gasteiger partial charge in [0.05, 0.1) is 15.1 Å². The van der Waals surface area contributed by atoms with Gasteiger partial charge >= 0.3 is 0 Å². The highest BCUT2D eigenvalue weighted by Crippen LogP contribution is 2.42. The third kappa shape index (κ3) is 2.72. The van der Waals surface area contributed by atoms with Gasteiger partial charge in [-0.3, -0.25) is 0 Å². The van der Waals surface area contributed by atoms with E-state index in [1.165, 1.54) is 0 Å². The van der Waals surface area contributed by atoms with E-state index in [4.69, 9.17) is 0 Å². The van der Waals surface area contributed by atoms with Crippen molar-refractivity contribution in [2.45, 2.75) is 35.4 Å². The summed E-state index contributed by atoms with van der Waals surface area (Å²) in [7, 11) is 0. The summed E-state index contributed by atoms with van der Waals surface area (Å²) in [5.74, 6) is 0. The molecule has 0 amide bonds. The minimum absolute atomic E-state index is 0.0114. The van der Waals surface area contributed by atoms with Crippen LogP contribution in [0.25, 0.3) is 5.57 Å². The maximum atomic E-state index is 10.4. The molecule has 3 atom stereocenters. The van der Waals surface area contributed by atoms with Crippen molar-refractivity contribution in [2.75, 3.05) is 0 Å². The lowest BCUT2D eigenvalue weighted by Gasteiger charge is -2.41. The van der Waals surface area contributed by atoms with E-state index < -0.39 is 11.2 Å². The first-order valence-electron chi connectivity index (χ1n) is 5.69. The molecule has 3 heteroatoms. The molecule has 17 heavy (non-hydrogen) atoms. The van der Waals surface area contributed by atoms with Gasteiger partial charge in [-0.1, -0.05) is 52.9 Å². The molecule has 0 aliphatic heterocycles. The Morgan fingerprint density at radius 3 is 2.35 bits per heavy atom. The minimum atomic E-state index is -0.948. The number of benzene rings is 1. The zero-order chi connectivity index (χ0) is 12.7. The van der Waals surface area contributed by atoms with Crippen LogP contribution < -0.4 is 0 Å². The monoisotopic (exact) mass is 344 g/mol. The van der Waals surface area contributed by atoms with Gasteiger partial charge in [0.15, 0.2) is 0 Å². The van der Waals surface area contributed by atoms with Crippen LogP contribution in [0.3, 0.4) is 0 Å². The molecule has 2 nitrogen and oxygen atoms in total. The summed E-state index contributed by atoms with van der Waals surface area (Å²) >= 11 is 2.25. The third-order valence-electron chi connectivity index (χ3n) is 3.11. The standard InChI is InChI=1S/C14H17IO2/c1-13(16)8-11(10-6-4-3-5-7-10)12(15)14(2,17)9-13/h3-8,12,16-17H,9H2,1-2H3. The molecule has 1 aromatic carbocycles. The Hall–Kier alpha value is -0.390. The first-order chi connectivity index (χ1) is 7.82. The predicted molar refractivity (Wildman–Crippen MR) is 78.1 cm³/mol. The number of aliphatic hydroxyl groups is 2. The van der Waals surface area contributed by atoms with Gasteiger partial charge in [0.2, 0.25) is 0 Å². The maximum Gasteiger partial charge on any atom is 0.0833 e. The van der Waals surface area contributed by atoms with E-state index in [-0.39, 0.29) is 3.92 Å². The average molecular weight is 344 g/mol. The van der Waals surface area contributed by atoms with E-state index in [2.05, 4.69) is 22.6 Å². The summed E-state index contributed by atoms with van der Waals surface area (Å²) in [5.41, 5.74) is 0.236. The van der Waals surface area contributed by atoms with Crippen molar-refractivity contribution >= 4 is 28.2 Å². The van der Waals surface area contributed by atoms with E-state index >= 15 is 0 Å². The molecule has 0 spiro atoms. The van der Waals surface area contributed by atoms with Crippen LogP contribution in [0.2, 0.25) is 0 Å². The van der Waals surface area contributed by atoms with Crippen molar-refractivity contribution in [3.8, 4) is 0 Å². The Bertz CT molecular complexity index is 435. The van der Waals surface area contributed by atoms with Crippen LogP contribution in [0.15, 0.2) is 36.4 Å². The van der Waals surface area contributed by atoms with Crippen LogP contribution in [0, 0.1) is 0 Å². The summed E-state index contributed by atoms with van der Waals surface area (Å²) in [5, 5.41) is 20.6. The fourth-order valence-corrected chi connectivity index (χ4v) is 3.23. The maximum absolute atomic E-state index is 10.4. The van der Waals surface area contributed by atoms with Gasteiger partial charge in [-0.2, -0.15) is 0 Å². The molecular formula is C14H17IO2. The number of hydrogen-bond acceptors (Lipinski definition) is 2. The minimum Gasteiger partial charge on any atom is -0.389 e. The van der Waals surface area contributed by atoms with Crippen molar-refractivity contribution in [1.29, 1.82) is 0 Å². The molecule has 0 bridgehead atoms.